The fourth-order valence-corrected chi connectivity index (χ4v) is 11.0. The van der Waals surface area contributed by atoms with Crippen LogP contribution in [0.5, 0.6) is 0 Å². The molecule has 2 aromatic carbocycles. The highest BCUT2D eigenvalue weighted by molar-refractivity contribution is 7.90. The number of anilines is 1. The van der Waals surface area contributed by atoms with Gasteiger partial charge in [-0.2, -0.15) is 4.99 Å². The number of hydrogen-bond acceptors (Lipinski definition) is 13. The molecule has 16 nitrogen and oxygen atoms in total. The number of sulfonamides is 2. The summed E-state index contributed by atoms with van der Waals surface area (Å²) in [5.41, 5.74) is 8.51. The van der Waals surface area contributed by atoms with E-state index in [0.717, 1.165) is 48.1 Å². The summed E-state index contributed by atoms with van der Waals surface area (Å²) < 4.78 is 78.4. The van der Waals surface area contributed by atoms with Crippen LogP contribution in [0.25, 0.3) is 22.3 Å². The van der Waals surface area contributed by atoms with Gasteiger partial charge < -0.3 is 5.32 Å². The summed E-state index contributed by atoms with van der Waals surface area (Å²) in [4.78, 5) is 47.2. The molecule has 4 aromatic heterocycles. The van der Waals surface area contributed by atoms with Gasteiger partial charge in [0.2, 0.25) is 26.1 Å². The number of amides is 2. The van der Waals surface area contributed by atoms with Crippen molar-refractivity contribution in [2.45, 2.75) is 62.1 Å². The molecule has 0 spiro atoms. The number of nitrogens with one attached hydrogen (secondary N) is 2. The third kappa shape index (κ3) is 11.4. The van der Waals surface area contributed by atoms with Gasteiger partial charge in [-0.15, -0.1) is 0 Å². The zero-order valence-electron chi connectivity index (χ0n) is 36.8. The zero-order valence-corrected chi connectivity index (χ0v) is 38.4. The SMILES string of the molecule is NS(=O)(=O)C1CN(Cc2cccnc2)C1.O=C(Nc1c(-c2ccncc2)cc(F)c2c1CCC2)NS(=O)(=O)C1CN(Cc2cccnc2)C1.O=C=Nc1c(-c2ccncc2)cc(F)c2c1CCC2. The predicted octanol–water partition coefficient (Wildman–Crippen LogP) is 6.01. The van der Waals surface area contributed by atoms with Gasteiger partial charge in [-0.25, -0.2) is 45.1 Å². The quantitative estimate of drug-likeness (QED) is 0.100. The highest BCUT2D eigenvalue weighted by Crippen LogP contribution is 2.41. The van der Waals surface area contributed by atoms with Gasteiger partial charge in [0.05, 0.1) is 11.4 Å². The molecular weight excluding hydrogens is 915 g/mol. The molecule has 352 valence electrons. The highest BCUT2D eigenvalue weighted by Gasteiger charge is 2.39. The van der Waals surface area contributed by atoms with E-state index in [4.69, 9.17) is 5.14 Å². The molecule has 4 aliphatic rings. The second-order valence-electron chi connectivity index (χ2n) is 16.9. The lowest BCUT2D eigenvalue weighted by Gasteiger charge is -2.38. The van der Waals surface area contributed by atoms with Gasteiger partial charge in [-0.05, 0) is 132 Å². The number of primary sulfonamides is 1. The average Bonchev–Trinajstić information content (AvgIpc) is 4.01. The molecule has 6 heterocycles. The number of aromatic nitrogens is 4. The maximum atomic E-state index is 14.7. The third-order valence-electron chi connectivity index (χ3n) is 12.3. The smallest absolute Gasteiger partial charge is 0.306 e. The Hall–Kier alpha value is -6.67. The number of carbonyl (C=O) groups excluding carboxylic acids is 2. The van der Waals surface area contributed by atoms with Crippen LogP contribution in [-0.4, -0.2) is 95.4 Å². The van der Waals surface area contributed by atoms with E-state index in [1.807, 2.05) is 34.1 Å². The number of carbonyl (C=O) groups is 1. The van der Waals surface area contributed by atoms with Crippen molar-refractivity contribution in [1.29, 1.82) is 0 Å². The van der Waals surface area contributed by atoms with Crippen LogP contribution < -0.4 is 15.2 Å². The number of nitrogens with two attached hydrogens (primary N) is 1. The van der Waals surface area contributed by atoms with Crippen LogP contribution >= 0.6 is 0 Å². The van der Waals surface area contributed by atoms with Crippen LogP contribution in [0.3, 0.4) is 0 Å². The molecule has 2 saturated heterocycles. The van der Waals surface area contributed by atoms with E-state index >= 15 is 0 Å². The minimum Gasteiger partial charge on any atom is -0.306 e. The first-order valence-corrected chi connectivity index (χ1v) is 25.1. The average molecular weight is 963 g/mol. The molecule has 2 aliphatic heterocycles. The Bertz CT molecular complexity index is 3030. The van der Waals surface area contributed by atoms with Crippen molar-refractivity contribution in [3.63, 3.8) is 0 Å². The number of aliphatic imine (C=N–C) groups is 1. The Morgan fingerprint density at radius 1 is 0.676 bits per heavy atom. The Kier molecular flexibility index (Phi) is 14.8. The summed E-state index contributed by atoms with van der Waals surface area (Å²) in [6.45, 7) is 3.03. The first kappa shape index (κ1) is 47.8. The molecular formula is C48H48F2N10O6S2. The molecule has 0 unspecified atom stereocenters. The van der Waals surface area contributed by atoms with Crippen LogP contribution in [0.4, 0.5) is 25.0 Å². The summed E-state index contributed by atoms with van der Waals surface area (Å²) >= 11 is 0. The number of hydrogen-bond donors (Lipinski definition) is 3. The molecule has 0 bridgehead atoms. The molecule has 0 radical (unpaired) electrons. The van der Waals surface area contributed by atoms with Crippen LogP contribution in [-0.2, 0) is 63.6 Å². The fraction of sp³-hybridized carbons (Fsp3) is 0.292. The van der Waals surface area contributed by atoms with Crippen LogP contribution in [0.1, 0.15) is 46.2 Å². The molecule has 2 fully saturated rings. The lowest BCUT2D eigenvalue weighted by Crippen LogP contribution is -2.58. The third-order valence-corrected chi connectivity index (χ3v) is 15.2. The minimum atomic E-state index is -3.87. The summed E-state index contributed by atoms with van der Waals surface area (Å²) in [6, 6.07) is 16.6. The normalized spacial score (nSPS) is 15.8. The molecule has 6 aromatic rings. The highest BCUT2D eigenvalue weighted by atomic mass is 32.2. The van der Waals surface area contributed by atoms with Crippen LogP contribution in [0.2, 0.25) is 0 Å². The first-order chi connectivity index (χ1) is 32.8. The Morgan fingerprint density at radius 3 is 1.68 bits per heavy atom. The maximum absolute atomic E-state index is 14.7. The summed E-state index contributed by atoms with van der Waals surface area (Å²) in [7, 11) is -7.22. The van der Waals surface area contributed by atoms with E-state index < -0.39 is 36.6 Å². The van der Waals surface area contributed by atoms with Crippen LogP contribution in [0, 0.1) is 11.6 Å². The molecule has 2 amide bonds. The molecule has 0 atom stereocenters. The molecule has 4 N–H and O–H groups in total. The molecule has 0 saturated carbocycles. The number of fused-ring (bicyclic) bond motifs is 2. The molecule has 20 heteroatoms. The van der Waals surface area contributed by atoms with Gasteiger partial charge in [-0.3, -0.25) is 29.7 Å². The zero-order chi connectivity index (χ0) is 47.8. The van der Waals surface area contributed by atoms with E-state index in [2.05, 4.69) is 35.0 Å². The number of halogens is 2. The molecule has 2 aliphatic carbocycles. The lowest BCUT2D eigenvalue weighted by molar-refractivity contribution is 0.175. The number of benzene rings is 2. The minimum absolute atomic E-state index is 0.218. The van der Waals surface area contributed by atoms with E-state index in [1.165, 1.54) is 12.1 Å². The van der Waals surface area contributed by atoms with Crippen molar-refractivity contribution in [3.05, 3.63) is 155 Å². The second-order valence-corrected chi connectivity index (χ2v) is 20.7. The number of pyridine rings is 4. The number of isocyanates is 1. The molecule has 10 rings (SSSR count). The van der Waals surface area contributed by atoms with Gasteiger partial charge in [0.1, 0.15) is 22.1 Å². The van der Waals surface area contributed by atoms with Crippen molar-refractivity contribution >= 4 is 43.5 Å². The summed E-state index contributed by atoms with van der Waals surface area (Å²) in [6.07, 6.45) is 19.3. The first-order valence-electron chi connectivity index (χ1n) is 21.9. The van der Waals surface area contributed by atoms with Crippen molar-refractivity contribution < 1.29 is 35.2 Å². The maximum Gasteiger partial charge on any atom is 0.332 e. The monoisotopic (exact) mass is 962 g/mol. The standard InChI is InChI=1S/C24H24FN5O3S.C15H11FN2O.C9H13N3O2S/c25-22-11-21(17-6-9-26-10-7-17)23(20-5-1-4-19(20)22)28-24(31)29-34(32,33)18-14-30(15-18)13-16-3-2-8-27-12-16;16-14-8-13(10-4-6-17-7-5-10)15(18-9-19)12-3-1-2-11(12)14;10-15(13,14)9-6-12(7-9)5-8-2-1-3-11-4-8/h2-3,6-12,18H,1,4-5,13-15H2,(H2,28,29,31);4-8H,1-3H2;1-4,9H,5-7H2,(H2,10,13,14). The number of likely N-dealkylation sites (tertiary alicyclic amines) is 2. The van der Waals surface area contributed by atoms with Gasteiger partial charge in [0.25, 0.3) is 0 Å². The summed E-state index contributed by atoms with van der Waals surface area (Å²) in [5, 5.41) is 6.66. The number of nitrogens with zero attached hydrogens (tertiary/aromatic N) is 7. The second kappa shape index (κ2) is 21.1. The van der Waals surface area contributed by atoms with Crippen molar-refractivity contribution in [2.75, 3.05) is 31.5 Å². The van der Waals surface area contributed by atoms with Gasteiger partial charge in [0, 0.05) is 100.0 Å². The van der Waals surface area contributed by atoms with Crippen molar-refractivity contribution in [1.82, 2.24) is 34.5 Å². The van der Waals surface area contributed by atoms with Crippen LogP contribution in [0.15, 0.2) is 115 Å². The van der Waals surface area contributed by atoms with Gasteiger partial charge in [0.15, 0.2) is 0 Å². The van der Waals surface area contributed by atoms with Gasteiger partial charge in [-0.1, -0.05) is 12.1 Å². The fourth-order valence-electron chi connectivity index (χ4n) is 8.83. The Morgan fingerprint density at radius 2 is 1.16 bits per heavy atom. The topological polar surface area (TPSA) is 223 Å². The van der Waals surface area contributed by atoms with E-state index in [9.17, 15) is 35.2 Å². The largest absolute Gasteiger partial charge is 0.332 e. The van der Waals surface area contributed by atoms with E-state index in [0.29, 0.717) is 96.7 Å². The van der Waals surface area contributed by atoms with E-state index in [1.54, 1.807) is 79.9 Å². The number of urea groups is 1. The Balaban J connectivity index is 0.000000154. The van der Waals surface area contributed by atoms with Crippen molar-refractivity contribution in [2.24, 2.45) is 10.1 Å². The predicted molar refractivity (Wildman–Crippen MR) is 252 cm³/mol. The van der Waals surface area contributed by atoms with Gasteiger partial charge >= 0.3 is 6.03 Å². The van der Waals surface area contributed by atoms with E-state index in [-0.39, 0.29) is 11.6 Å². The van der Waals surface area contributed by atoms with Crippen molar-refractivity contribution in [3.8, 4) is 22.3 Å². The number of rotatable bonds is 11. The Labute approximate surface area is 392 Å². The lowest BCUT2D eigenvalue weighted by atomic mass is 9.97. The summed E-state index contributed by atoms with van der Waals surface area (Å²) in [5.74, 6) is -0.537. The molecule has 68 heavy (non-hydrogen) atoms.